The molecule has 0 radical (unpaired) electrons. The van der Waals surface area contributed by atoms with Gasteiger partial charge in [-0.3, -0.25) is 9.59 Å². The lowest BCUT2D eigenvalue weighted by atomic mass is 9.79. The monoisotopic (exact) mass is 408 g/mol. The fourth-order valence-corrected chi connectivity index (χ4v) is 4.67. The Bertz CT molecular complexity index is 793. The van der Waals surface area contributed by atoms with E-state index in [4.69, 9.17) is 14.2 Å². The molecular formula is C21H28O8. The van der Waals surface area contributed by atoms with Crippen molar-refractivity contribution in [2.24, 2.45) is 17.8 Å². The van der Waals surface area contributed by atoms with Gasteiger partial charge in [0.1, 0.15) is 11.7 Å². The van der Waals surface area contributed by atoms with Crippen LogP contribution < -0.4 is 0 Å². The van der Waals surface area contributed by atoms with Gasteiger partial charge in [0.05, 0.1) is 17.9 Å². The van der Waals surface area contributed by atoms with E-state index >= 15 is 0 Å². The molecule has 2 N–H and O–H groups in total. The highest BCUT2D eigenvalue weighted by Crippen LogP contribution is 2.53. The van der Waals surface area contributed by atoms with E-state index in [1.165, 1.54) is 13.8 Å². The van der Waals surface area contributed by atoms with Crippen LogP contribution in [0.15, 0.2) is 23.3 Å². The highest BCUT2D eigenvalue weighted by Gasteiger charge is 2.63. The largest absolute Gasteiger partial charge is 0.457 e. The van der Waals surface area contributed by atoms with E-state index < -0.39 is 65.7 Å². The molecule has 0 amide bonds. The van der Waals surface area contributed by atoms with Crippen LogP contribution >= 0.6 is 0 Å². The number of ether oxygens (including phenoxy) is 3. The van der Waals surface area contributed by atoms with Gasteiger partial charge >= 0.3 is 17.9 Å². The summed E-state index contributed by atoms with van der Waals surface area (Å²) in [5, 5.41) is 21.9. The Balaban J connectivity index is 2.21. The molecule has 160 valence electrons. The fraction of sp³-hybridized carbons (Fsp3) is 0.667. The lowest BCUT2D eigenvalue weighted by molar-refractivity contribution is -0.198. The van der Waals surface area contributed by atoms with Gasteiger partial charge in [0, 0.05) is 18.4 Å². The summed E-state index contributed by atoms with van der Waals surface area (Å²) in [6, 6.07) is 0. The SMILES string of the molecule is C=C1C(=O)O[C@@H]2C3=C(C)[C@H](O)C[C@H]3[C@](C)(O)[C@H](OC(C)=O)[C@H](OC(=O)C(C)C)[C@@H]12. The van der Waals surface area contributed by atoms with Crippen LogP contribution in [0.25, 0.3) is 0 Å². The van der Waals surface area contributed by atoms with Crippen LogP contribution in [0.2, 0.25) is 0 Å². The van der Waals surface area contributed by atoms with Crippen molar-refractivity contribution in [2.45, 2.75) is 71.1 Å². The summed E-state index contributed by atoms with van der Waals surface area (Å²) < 4.78 is 16.7. The molecule has 0 aromatic heterocycles. The number of carbonyl (C=O) groups excluding carboxylic acids is 3. The number of aliphatic hydroxyl groups is 2. The Hall–Kier alpha value is -2.19. The van der Waals surface area contributed by atoms with Gasteiger partial charge in [0.15, 0.2) is 12.2 Å². The predicted octanol–water partition coefficient (Wildman–Crippen LogP) is 1.05. The highest BCUT2D eigenvalue weighted by atomic mass is 16.6. The second-order valence-electron chi connectivity index (χ2n) is 8.63. The minimum atomic E-state index is -1.68. The van der Waals surface area contributed by atoms with E-state index in [0.717, 1.165) is 0 Å². The van der Waals surface area contributed by atoms with Crippen molar-refractivity contribution in [3.05, 3.63) is 23.3 Å². The first-order chi connectivity index (χ1) is 13.4. The van der Waals surface area contributed by atoms with Crippen molar-refractivity contribution < 1.29 is 38.8 Å². The van der Waals surface area contributed by atoms with Gasteiger partial charge in [-0.25, -0.2) is 4.79 Å². The summed E-state index contributed by atoms with van der Waals surface area (Å²) in [5.41, 5.74) is -0.449. The summed E-state index contributed by atoms with van der Waals surface area (Å²) in [5.74, 6) is -3.86. The van der Waals surface area contributed by atoms with E-state index in [9.17, 15) is 24.6 Å². The van der Waals surface area contributed by atoms with E-state index in [2.05, 4.69) is 6.58 Å². The van der Waals surface area contributed by atoms with Gasteiger partial charge in [-0.2, -0.15) is 0 Å². The van der Waals surface area contributed by atoms with Gasteiger partial charge in [0.2, 0.25) is 0 Å². The van der Waals surface area contributed by atoms with Crippen LogP contribution in [0.5, 0.6) is 0 Å². The summed E-state index contributed by atoms with van der Waals surface area (Å²) >= 11 is 0. The first-order valence-corrected chi connectivity index (χ1v) is 9.76. The van der Waals surface area contributed by atoms with Crippen molar-refractivity contribution in [3.8, 4) is 0 Å². The molecule has 3 rings (SSSR count). The average Bonchev–Trinajstić information content (AvgIpc) is 3.05. The number of esters is 3. The summed E-state index contributed by atoms with van der Waals surface area (Å²) in [6.07, 6.45) is -3.97. The maximum Gasteiger partial charge on any atom is 0.334 e. The van der Waals surface area contributed by atoms with Crippen molar-refractivity contribution in [1.82, 2.24) is 0 Å². The molecule has 1 heterocycles. The first kappa shape index (κ1) is 21.5. The number of rotatable bonds is 3. The minimum absolute atomic E-state index is 0.0758. The lowest BCUT2D eigenvalue weighted by Crippen LogP contribution is -2.55. The topological polar surface area (TPSA) is 119 Å². The average molecular weight is 408 g/mol. The summed E-state index contributed by atoms with van der Waals surface area (Å²) in [6.45, 7) is 11.5. The Morgan fingerprint density at radius 3 is 2.48 bits per heavy atom. The van der Waals surface area contributed by atoms with Crippen molar-refractivity contribution in [1.29, 1.82) is 0 Å². The maximum absolute atomic E-state index is 12.5. The summed E-state index contributed by atoms with van der Waals surface area (Å²) in [4.78, 5) is 36.7. The third-order valence-electron chi connectivity index (χ3n) is 6.27. The van der Waals surface area contributed by atoms with Crippen molar-refractivity contribution in [2.75, 3.05) is 0 Å². The molecule has 7 atom stereocenters. The Kier molecular flexibility index (Phi) is 5.38. The molecule has 3 aliphatic rings. The van der Waals surface area contributed by atoms with Gasteiger partial charge in [-0.1, -0.05) is 20.4 Å². The molecule has 0 aromatic rings. The Morgan fingerprint density at radius 1 is 1.31 bits per heavy atom. The van der Waals surface area contributed by atoms with Crippen molar-refractivity contribution in [3.63, 3.8) is 0 Å². The van der Waals surface area contributed by atoms with Gasteiger partial charge < -0.3 is 24.4 Å². The van der Waals surface area contributed by atoms with E-state index in [-0.39, 0.29) is 12.0 Å². The van der Waals surface area contributed by atoms with Crippen LogP contribution in [-0.2, 0) is 28.6 Å². The number of hydrogen-bond acceptors (Lipinski definition) is 8. The van der Waals surface area contributed by atoms with Crippen molar-refractivity contribution >= 4 is 17.9 Å². The highest BCUT2D eigenvalue weighted by molar-refractivity contribution is 5.91. The second-order valence-corrected chi connectivity index (χ2v) is 8.63. The van der Waals surface area contributed by atoms with Gasteiger partial charge in [-0.05, 0) is 31.4 Å². The quantitative estimate of drug-likeness (QED) is 0.308. The Labute approximate surface area is 169 Å². The molecule has 1 aliphatic heterocycles. The van der Waals surface area contributed by atoms with E-state index in [1.807, 2.05) is 0 Å². The molecule has 1 saturated carbocycles. The third-order valence-corrected chi connectivity index (χ3v) is 6.27. The normalized spacial score (nSPS) is 39.0. The number of fused-ring (bicyclic) bond motifs is 3. The molecule has 0 aromatic carbocycles. The minimum Gasteiger partial charge on any atom is -0.457 e. The zero-order chi connectivity index (χ0) is 21.8. The molecule has 8 nitrogen and oxygen atoms in total. The zero-order valence-electron chi connectivity index (χ0n) is 17.3. The van der Waals surface area contributed by atoms with Crippen LogP contribution in [0.1, 0.15) is 41.0 Å². The number of hydrogen-bond donors (Lipinski definition) is 2. The molecule has 1 saturated heterocycles. The smallest absolute Gasteiger partial charge is 0.334 e. The zero-order valence-corrected chi connectivity index (χ0v) is 17.3. The fourth-order valence-electron chi connectivity index (χ4n) is 4.67. The molecule has 0 bridgehead atoms. The maximum atomic E-state index is 12.5. The standard InChI is InChI=1S/C21H28O8/c1-8(2)19(24)29-17-15-10(4)20(25)28-16(15)14-9(3)13(23)7-12(14)21(6,26)18(17)27-11(5)22/h8,12-13,15-18,23,26H,4,7H2,1-3,5-6H3/t12-,13-,15+,16-,17-,18-,21+/m1/s1. The van der Waals surface area contributed by atoms with Gasteiger partial charge in [0.25, 0.3) is 0 Å². The third kappa shape index (κ3) is 3.38. The number of carbonyl (C=O) groups is 3. The number of aliphatic hydroxyl groups excluding tert-OH is 1. The molecule has 8 heteroatoms. The van der Waals surface area contributed by atoms with Crippen LogP contribution in [0.3, 0.4) is 0 Å². The van der Waals surface area contributed by atoms with E-state index in [1.54, 1.807) is 20.8 Å². The molecule has 2 aliphatic carbocycles. The van der Waals surface area contributed by atoms with Crippen LogP contribution in [0.4, 0.5) is 0 Å². The molecule has 0 unspecified atom stereocenters. The second kappa shape index (κ2) is 7.25. The summed E-state index contributed by atoms with van der Waals surface area (Å²) in [7, 11) is 0. The first-order valence-electron chi connectivity index (χ1n) is 9.76. The van der Waals surface area contributed by atoms with Crippen LogP contribution in [0, 0.1) is 17.8 Å². The lowest BCUT2D eigenvalue weighted by Gasteiger charge is -2.40. The Morgan fingerprint density at radius 2 is 1.93 bits per heavy atom. The molecule has 29 heavy (non-hydrogen) atoms. The molecule has 2 fully saturated rings. The molecule has 0 spiro atoms. The van der Waals surface area contributed by atoms with E-state index in [0.29, 0.717) is 11.1 Å². The van der Waals surface area contributed by atoms with Crippen LogP contribution in [-0.4, -0.2) is 58.1 Å². The predicted molar refractivity (Wildman–Crippen MR) is 100 cm³/mol. The molecular weight excluding hydrogens is 380 g/mol. The van der Waals surface area contributed by atoms with Gasteiger partial charge in [-0.15, -0.1) is 0 Å².